The average Bonchev–Trinajstić information content (AvgIpc) is 1.66. The van der Waals surface area contributed by atoms with Crippen molar-refractivity contribution in [3.05, 3.63) is 264 Å². The molecule has 0 unspecified atom stereocenters. The summed E-state index contributed by atoms with van der Waals surface area (Å²) in [6.45, 7) is 13.1. The molecule has 4 fully saturated rings. The number of carbonyl (C=O) groups is 5. The van der Waals surface area contributed by atoms with Crippen molar-refractivity contribution in [1.29, 1.82) is 0 Å². The van der Waals surface area contributed by atoms with Gasteiger partial charge >= 0.3 is 23.9 Å². The van der Waals surface area contributed by atoms with Crippen molar-refractivity contribution in [2.45, 2.75) is 127 Å². The van der Waals surface area contributed by atoms with E-state index in [1.807, 2.05) is 276 Å². The van der Waals surface area contributed by atoms with Crippen molar-refractivity contribution in [2.24, 2.45) is 29.4 Å². The summed E-state index contributed by atoms with van der Waals surface area (Å²) in [6, 6.07) is 73.4. The summed E-state index contributed by atoms with van der Waals surface area (Å²) in [5.74, 6) is 2.35. The number of para-hydroxylation sites is 5. The Morgan fingerprint density at radius 3 is 1.14 bits per heavy atom. The van der Waals surface area contributed by atoms with Crippen molar-refractivity contribution >= 4 is 35.5 Å². The third-order valence-electron chi connectivity index (χ3n) is 24.1. The fraction of sp³-hybridized carbons (Fsp3) is 0.416. The van der Waals surface area contributed by atoms with Gasteiger partial charge in [-0.2, -0.15) is 0 Å². The lowest BCUT2D eigenvalue weighted by Crippen LogP contribution is -2.45. The molecule has 12 atom stereocenters. The lowest BCUT2D eigenvalue weighted by molar-refractivity contribution is -0.144. The average molecular weight is 1720 g/mol. The number of rotatable bonds is 29. The Labute approximate surface area is 738 Å². The van der Waals surface area contributed by atoms with E-state index in [0.717, 1.165) is 137 Å². The van der Waals surface area contributed by atoms with E-state index in [9.17, 15) is 44.4 Å². The maximum absolute atomic E-state index is 14.0. The molecule has 5 aliphatic heterocycles. The van der Waals surface area contributed by atoms with E-state index in [-0.39, 0.29) is 78.6 Å². The number of hydrogen-bond acceptors (Lipinski definition) is 19. The molecule has 5 aliphatic rings. The molecule has 4 saturated heterocycles. The fourth-order valence-electron chi connectivity index (χ4n) is 17.7. The van der Waals surface area contributed by atoms with Crippen molar-refractivity contribution < 1.29 is 87.0 Å². The number of fused-ring (bicyclic) bond motifs is 1. The topological polar surface area (TPSA) is 292 Å². The number of ether oxygens (including phenoxy) is 9. The minimum absolute atomic E-state index is 0.0540. The minimum Gasteiger partial charge on any atom is -0.497 e. The quantitative estimate of drug-likeness (QED) is 0.0291. The van der Waals surface area contributed by atoms with Gasteiger partial charge in [-0.05, 0) is 190 Å². The number of nitrogens with zero attached hydrogens (tertiary/aromatic N) is 5. The number of carboxylic acids is 4. The summed E-state index contributed by atoms with van der Waals surface area (Å²) in [5.41, 5.74) is 13.0. The number of carboxylic acid groups (broad SMARTS) is 4. The first-order valence-corrected chi connectivity index (χ1v) is 43.0. The van der Waals surface area contributed by atoms with Gasteiger partial charge in [0.15, 0.2) is 11.5 Å². The van der Waals surface area contributed by atoms with Gasteiger partial charge in [-0.15, -0.1) is 0 Å². The summed E-state index contributed by atoms with van der Waals surface area (Å²) in [7, 11) is 17.5. The minimum atomic E-state index is -0.873. The first-order chi connectivity index (χ1) is 60.5. The zero-order chi connectivity index (χ0) is 90.5. The Bertz CT molecular complexity index is 4410. The van der Waals surface area contributed by atoms with Gasteiger partial charge in [0.05, 0.1) is 93.2 Å². The van der Waals surface area contributed by atoms with Gasteiger partial charge in [0.1, 0.15) is 40.2 Å². The fourth-order valence-corrected chi connectivity index (χ4v) is 17.7. The number of anilines is 1. The van der Waals surface area contributed by atoms with Crippen molar-refractivity contribution in [3.8, 4) is 51.7 Å². The Morgan fingerprint density at radius 1 is 0.416 bits per heavy atom. The molecule has 0 spiro atoms. The Hall–Kier alpha value is -11.7. The number of amides is 1. The van der Waals surface area contributed by atoms with Gasteiger partial charge in [0, 0.05) is 99.2 Å². The zero-order valence-electron chi connectivity index (χ0n) is 75.0. The first kappa shape index (κ1) is 98.8. The van der Waals surface area contributed by atoms with Crippen LogP contribution in [-0.2, 0) is 36.9 Å². The van der Waals surface area contributed by atoms with E-state index in [1.54, 1.807) is 49.8 Å². The van der Waals surface area contributed by atoms with Crippen LogP contribution >= 0.6 is 0 Å². The van der Waals surface area contributed by atoms with Crippen LogP contribution in [0.2, 0.25) is 0 Å². The SMILES string of the molecule is CCCCN(C(=O)CN1C[C@H](c2ccc3c(c2)CCO3)[C@@H](C(=O)O)[C@@H]1CCOc1ccccc1OC)c1cccc(CN)c1.CC[C@H]1[C@H](C(=O)O)[C@@H](c2ccc(OC)cc2)CN1C.CC[C@H]1[C@H](C(=O)O)[C@@H](c2ccc(OC)cc2)CN1C.CC[C@H]1[C@H](C(=O)O)[C@@H](c2ccc(OC)cc2)CN1C.COc1ccccc1.COc1ccccc1.COc1ccccc1. The predicted molar refractivity (Wildman–Crippen MR) is 489 cm³/mol. The summed E-state index contributed by atoms with van der Waals surface area (Å²) < 4.78 is 47.4. The molecule has 24 heteroatoms. The second-order valence-corrected chi connectivity index (χ2v) is 31.5. The van der Waals surface area contributed by atoms with Crippen LogP contribution in [0.1, 0.15) is 123 Å². The predicted octanol–water partition coefficient (Wildman–Crippen LogP) is 16.6. The highest BCUT2D eigenvalue weighted by atomic mass is 16.5. The molecular formula is C101H130N6O18. The van der Waals surface area contributed by atoms with E-state index in [1.165, 1.54) is 0 Å². The number of unbranched alkanes of at least 4 members (excludes halogenated alkanes) is 1. The molecule has 14 rings (SSSR count). The molecular weight excluding hydrogens is 1590 g/mol. The summed E-state index contributed by atoms with van der Waals surface area (Å²) in [5, 5.41) is 39.1. The maximum atomic E-state index is 14.0. The monoisotopic (exact) mass is 1710 g/mol. The molecule has 672 valence electrons. The second-order valence-electron chi connectivity index (χ2n) is 31.5. The number of aliphatic carboxylic acids is 4. The number of methoxy groups -OCH3 is 7. The number of carbonyl (C=O) groups excluding carboxylic acids is 1. The lowest BCUT2D eigenvalue weighted by atomic mass is 9.83. The summed E-state index contributed by atoms with van der Waals surface area (Å²) in [6.07, 6.45) is 5.62. The van der Waals surface area contributed by atoms with Crippen LogP contribution in [0.5, 0.6) is 51.7 Å². The Morgan fingerprint density at radius 2 is 0.784 bits per heavy atom. The van der Waals surface area contributed by atoms with Crippen LogP contribution in [0, 0.1) is 23.7 Å². The molecule has 5 heterocycles. The van der Waals surface area contributed by atoms with Gasteiger partial charge in [0.2, 0.25) is 5.91 Å². The summed E-state index contributed by atoms with van der Waals surface area (Å²) in [4.78, 5) is 72.1. The van der Waals surface area contributed by atoms with Crippen LogP contribution in [-0.4, -0.2) is 217 Å². The van der Waals surface area contributed by atoms with Gasteiger partial charge < -0.3 is 88.4 Å². The van der Waals surface area contributed by atoms with E-state index in [0.29, 0.717) is 44.2 Å². The van der Waals surface area contributed by atoms with Crippen LogP contribution < -0.4 is 53.3 Å². The molecule has 9 aromatic rings. The molecule has 24 nitrogen and oxygen atoms in total. The third kappa shape index (κ3) is 27.7. The molecule has 1 amide bonds. The van der Waals surface area contributed by atoms with Crippen LogP contribution in [0.15, 0.2) is 231 Å². The van der Waals surface area contributed by atoms with E-state index >= 15 is 0 Å². The zero-order valence-corrected chi connectivity index (χ0v) is 75.0. The highest BCUT2D eigenvalue weighted by molar-refractivity contribution is 5.95. The van der Waals surface area contributed by atoms with Crippen LogP contribution in [0.3, 0.4) is 0 Å². The number of likely N-dealkylation sites (N-methyl/N-ethyl adjacent to an activating group) is 3. The smallest absolute Gasteiger partial charge is 0.308 e. The molecule has 6 N–H and O–H groups in total. The van der Waals surface area contributed by atoms with E-state index in [4.69, 9.17) is 48.4 Å². The number of nitrogens with two attached hydrogens (primary N) is 1. The summed E-state index contributed by atoms with van der Waals surface area (Å²) >= 11 is 0. The Balaban J connectivity index is 0.000000200. The number of hydrogen-bond donors (Lipinski definition) is 5. The van der Waals surface area contributed by atoms with Gasteiger partial charge in [-0.1, -0.05) is 162 Å². The van der Waals surface area contributed by atoms with Crippen molar-refractivity contribution in [2.75, 3.05) is 128 Å². The van der Waals surface area contributed by atoms with Crippen molar-refractivity contribution in [1.82, 2.24) is 19.6 Å². The molecule has 0 aliphatic carbocycles. The van der Waals surface area contributed by atoms with E-state index < -0.39 is 35.8 Å². The van der Waals surface area contributed by atoms with Gasteiger partial charge in [-0.25, -0.2) is 0 Å². The molecule has 0 radical (unpaired) electrons. The molecule has 0 aromatic heterocycles. The molecule has 125 heavy (non-hydrogen) atoms. The first-order valence-electron chi connectivity index (χ1n) is 43.0. The number of benzene rings is 9. The van der Waals surface area contributed by atoms with Crippen LogP contribution in [0.4, 0.5) is 5.69 Å². The van der Waals surface area contributed by atoms with Crippen molar-refractivity contribution in [3.63, 3.8) is 0 Å². The third-order valence-corrected chi connectivity index (χ3v) is 24.1. The molecule has 0 saturated carbocycles. The van der Waals surface area contributed by atoms with E-state index in [2.05, 4.69) is 27.7 Å². The van der Waals surface area contributed by atoms with Crippen LogP contribution in [0.25, 0.3) is 0 Å². The maximum Gasteiger partial charge on any atom is 0.308 e. The highest BCUT2D eigenvalue weighted by Gasteiger charge is 2.49. The second kappa shape index (κ2) is 50.9. The normalized spacial score (nSPS) is 21.0. The highest BCUT2D eigenvalue weighted by Crippen LogP contribution is 2.44. The lowest BCUT2D eigenvalue weighted by Gasteiger charge is -2.30. The van der Waals surface area contributed by atoms with Gasteiger partial charge in [0.25, 0.3) is 0 Å². The van der Waals surface area contributed by atoms with Gasteiger partial charge in [-0.3, -0.25) is 28.9 Å². The standard InChI is InChI=1S/C35H43N3O6.3C15H21NO3.3C7H8O/c1-3-4-16-38(27-9-7-8-24(19-27)21-36)33(39)23-37-22-28(25-12-13-30-26(20-25)14-17-43-30)34(35(40)41)29(37)15-18-44-32-11-6-5-10-31(32)42-2;3*1-4-13-14(15(17)18)12(9-16(13)2)10-5-7-11(19-3)8-6-10;3*1-8-7-5-3-2-4-6-7/h5-13,19-20,28-29,34H,3-4,14-18,21-23,36H2,1-2H3,(H,40,41);3*5-8,12-14H,4,9H2,1-3H3,(H,17,18);3*2-6H,1H3/t28-,29+,34-;3*12-,13+,14-;;;/m1111.../s1. The Kier molecular flexibility index (Phi) is 40.2. The largest absolute Gasteiger partial charge is 0.497 e. The molecule has 0 bridgehead atoms. The number of likely N-dealkylation sites (tertiary alicyclic amines) is 4. The molecule has 9 aromatic carbocycles.